The lowest BCUT2D eigenvalue weighted by atomic mass is 10.5. The molecule has 0 N–H and O–H groups in total. The van der Waals surface area contributed by atoms with Gasteiger partial charge in [-0.05, 0) is 18.4 Å². The van der Waals surface area contributed by atoms with Gasteiger partial charge in [-0.25, -0.2) is 4.79 Å². The average Bonchev–Trinajstić information content (AvgIpc) is 2.28. The lowest BCUT2D eigenvalue weighted by Gasteiger charge is -2.12. The third-order valence-electron chi connectivity index (χ3n) is 1.58. The lowest BCUT2D eigenvalue weighted by molar-refractivity contribution is -0.137. The van der Waals surface area contributed by atoms with Crippen LogP contribution < -0.4 is 0 Å². The summed E-state index contributed by atoms with van der Waals surface area (Å²) >= 11 is 3.89. The normalized spacial score (nSPS) is 11.2. The summed E-state index contributed by atoms with van der Waals surface area (Å²) in [5.41, 5.74) is 0. The fraction of sp³-hybridized carbons (Fsp3) is 0.273. The molecule has 16 heavy (non-hydrogen) atoms. The number of aldehydes is 1. The lowest BCUT2D eigenvalue weighted by Crippen LogP contribution is -2.18. The zero-order valence-corrected chi connectivity index (χ0v) is 10.0. The molecule has 0 aliphatic carbocycles. The molecule has 0 aromatic carbocycles. The number of carbonyl (C=O) groups is 2. The molecule has 0 unspecified atom stereocenters. The van der Waals surface area contributed by atoms with Crippen LogP contribution >= 0.6 is 12.6 Å². The Hall–Kier alpha value is -1.49. The van der Waals surface area contributed by atoms with Crippen LogP contribution in [0.15, 0.2) is 35.9 Å². The fourth-order valence-electron chi connectivity index (χ4n) is 0.752. The Bertz CT molecular complexity index is 310. The number of thiol groups is 1. The van der Waals surface area contributed by atoms with Gasteiger partial charge in [0.25, 0.3) is 0 Å². The van der Waals surface area contributed by atoms with Gasteiger partial charge < -0.3 is 9.64 Å². The Kier molecular flexibility index (Phi) is 7.97. The van der Waals surface area contributed by atoms with Crippen molar-refractivity contribution in [3.8, 4) is 0 Å². The van der Waals surface area contributed by atoms with E-state index in [0.717, 1.165) is 6.08 Å². The molecule has 0 fully saturated rings. The van der Waals surface area contributed by atoms with Gasteiger partial charge in [-0.3, -0.25) is 4.79 Å². The molecule has 0 amide bonds. The molecule has 4 nitrogen and oxygen atoms in total. The molecule has 0 bridgehead atoms. The van der Waals surface area contributed by atoms with Crippen molar-refractivity contribution in [1.82, 2.24) is 4.90 Å². The van der Waals surface area contributed by atoms with E-state index in [1.54, 1.807) is 18.4 Å². The van der Waals surface area contributed by atoms with Gasteiger partial charge in [-0.1, -0.05) is 6.58 Å². The van der Waals surface area contributed by atoms with Crippen molar-refractivity contribution >= 4 is 24.9 Å². The van der Waals surface area contributed by atoms with E-state index in [9.17, 15) is 9.59 Å². The van der Waals surface area contributed by atoms with Gasteiger partial charge in [0.15, 0.2) is 6.29 Å². The number of rotatable bonds is 7. The maximum atomic E-state index is 10.7. The minimum atomic E-state index is -0.434. The molecule has 0 rings (SSSR count). The third kappa shape index (κ3) is 7.87. The quantitative estimate of drug-likeness (QED) is 0.239. The smallest absolute Gasteiger partial charge is 0.330 e. The van der Waals surface area contributed by atoms with Crippen LogP contribution in [0.5, 0.6) is 0 Å². The van der Waals surface area contributed by atoms with Gasteiger partial charge in [-0.2, -0.15) is 0 Å². The number of carbonyl (C=O) groups excluding carboxylic acids is 2. The summed E-state index contributed by atoms with van der Waals surface area (Å²) in [4.78, 5) is 23.1. The summed E-state index contributed by atoms with van der Waals surface area (Å²) in [7, 11) is 1.82. The highest BCUT2D eigenvalue weighted by Crippen LogP contribution is 1.95. The zero-order chi connectivity index (χ0) is 12.4. The molecule has 0 heterocycles. The second kappa shape index (κ2) is 8.79. The van der Waals surface area contributed by atoms with Crippen molar-refractivity contribution in [1.29, 1.82) is 0 Å². The first-order valence-corrected chi connectivity index (χ1v) is 5.07. The summed E-state index contributed by atoms with van der Waals surface area (Å²) in [6, 6.07) is 0. The number of allylic oxidation sites excluding steroid dienone is 3. The molecule has 0 aliphatic rings. The Morgan fingerprint density at radius 3 is 2.81 bits per heavy atom. The SMILES string of the molecule is C=CC(=O)OCCN(C)/C=C/C=C(/S)C=O. The van der Waals surface area contributed by atoms with Crippen LogP contribution in [0, 0.1) is 0 Å². The maximum Gasteiger partial charge on any atom is 0.330 e. The first-order valence-electron chi connectivity index (χ1n) is 4.62. The van der Waals surface area contributed by atoms with Crippen molar-refractivity contribution in [2.24, 2.45) is 0 Å². The van der Waals surface area contributed by atoms with Crippen molar-refractivity contribution in [3.63, 3.8) is 0 Å². The van der Waals surface area contributed by atoms with Crippen LogP contribution in [0.25, 0.3) is 0 Å². The molecule has 0 aromatic heterocycles. The van der Waals surface area contributed by atoms with Crippen molar-refractivity contribution in [2.75, 3.05) is 20.2 Å². The molecule has 0 saturated carbocycles. The fourth-order valence-corrected chi connectivity index (χ4v) is 0.838. The molecule has 0 aromatic rings. The van der Waals surface area contributed by atoms with E-state index in [0.29, 0.717) is 17.7 Å². The summed E-state index contributed by atoms with van der Waals surface area (Å²) < 4.78 is 4.79. The second-order valence-electron chi connectivity index (χ2n) is 2.90. The Balaban J connectivity index is 3.82. The molecule has 0 aliphatic heterocycles. The highest BCUT2D eigenvalue weighted by Gasteiger charge is 1.95. The first kappa shape index (κ1) is 14.5. The maximum absolute atomic E-state index is 10.7. The van der Waals surface area contributed by atoms with E-state index in [4.69, 9.17) is 4.74 Å². The number of esters is 1. The summed E-state index contributed by atoms with van der Waals surface area (Å²) in [5.74, 6) is -0.434. The number of likely N-dealkylation sites (N-methyl/N-ethyl adjacent to an activating group) is 1. The predicted molar refractivity (Wildman–Crippen MR) is 66.1 cm³/mol. The van der Waals surface area contributed by atoms with E-state index in [2.05, 4.69) is 19.2 Å². The molecule has 0 saturated heterocycles. The number of hydrogen-bond acceptors (Lipinski definition) is 5. The predicted octanol–water partition coefficient (Wildman–Crippen LogP) is 1.17. The van der Waals surface area contributed by atoms with Crippen molar-refractivity contribution in [3.05, 3.63) is 35.9 Å². The molecule has 5 heteroatoms. The van der Waals surface area contributed by atoms with Crippen LogP contribution in [0.1, 0.15) is 0 Å². The topological polar surface area (TPSA) is 46.6 Å². The van der Waals surface area contributed by atoms with Crippen molar-refractivity contribution in [2.45, 2.75) is 0 Å². The second-order valence-corrected chi connectivity index (χ2v) is 3.42. The van der Waals surface area contributed by atoms with E-state index in [1.165, 1.54) is 0 Å². The zero-order valence-electron chi connectivity index (χ0n) is 9.13. The largest absolute Gasteiger partial charge is 0.461 e. The van der Waals surface area contributed by atoms with Gasteiger partial charge in [0.1, 0.15) is 6.61 Å². The first-order chi connectivity index (χ1) is 7.60. The number of ether oxygens (including phenoxy) is 1. The summed E-state index contributed by atoms with van der Waals surface area (Å²) in [6.07, 6.45) is 6.78. The van der Waals surface area contributed by atoms with Crippen molar-refractivity contribution < 1.29 is 14.3 Å². The minimum Gasteiger partial charge on any atom is -0.461 e. The van der Waals surface area contributed by atoms with Crippen LogP contribution in [-0.4, -0.2) is 37.4 Å². The molecule has 0 atom stereocenters. The monoisotopic (exact) mass is 241 g/mol. The van der Waals surface area contributed by atoms with E-state index < -0.39 is 5.97 Å². The highest BCUT2D eigenvalue weighted by atomic mass is 32.1. The highest BCUT2D eigenvalue weighted by molar-refractivity contribution is 7.85. The average molecular weight is 241 g/mol. The van der Waals surface area contributed by atoms with Gasteiger partial charge in [0, 0.05) is 18.0 Å². The molecule has 88 valence electrons. The molecule has 0 radical (unpaired) electrons. The Labute approximate surface area is 101 Å². The van der Waals surface area contributed by atoms with E-state index in [1.807, 2.05) is 11.9 Å². The van der Waals surface area contributed by atoms with Crippen LogP contribution in [0.3, 0.4) is 0 Å². The number of nitrogens with zero attached hydrogens (tertiary/aromatic N) is 1. The van der Waals surface area contributed by atoms with Gasteiger partial charge in [0.05, 0.1) is 6.54 Å². The van der Waals surface area contributed by atoms with E-state index >= 15 is 0 Å². The summed E-state index contributed by atoms with van der Waals surface area (Å²) in [5, 5.41) is 0. The molecular formula is C11H15NO3S. The minimum absolute atomic E-state index is 0.289. The Morgan fingerprint density at radius 2 is 2.25 bits per heavy atom. The summed E-state index contributed by atoms with van der Waals surface area (Å²) in [6.45, 7) is 4.14. The van der Waals surface area contributed by atoms with Crippen LogP contribution in [0.4, 0.5) is 0 Å². The van der Waals surface area contributed by atoms with Crippen LogP contribution in [-0.2, 0) is 14.3 Å². The Morgan fingerprint density at radius 1 is 1.56 bits per heavy atom. The van der Waals surface area contributed by atoms with Crippen LogP contribution in [0.2, 0.25) is 0 Å². The standard InChI is InChI=1S/C11H15NO3S/c1-3-11(14)15-8-7-12(2)6-4-5-10(16)9-13/h3-6,9,16H,1,7-8H2,2H3/b6-4+,10-5+. The van der Waals surface area contributed by atoms with Gasteiger partial charge in [-0.15, -0.1) is 12.6 Å². The molecule has 0 spiro atoms. The van der Waals surface area contributed by atoms with Gasteiger partial charge in [0.2, 0.25) is 0 Å². The van der Waals surface area contributed by atoms with E-state index in [-0.39, 0.29) is 6.61 Å². The molecular weight excluding hydrogens is 226 g/mol. The third-order valence-corrected chi connectivity index (χ3v) is 1.84. The number of hydrogen-bond donors (Lipinski definition) is 1. The van der Waals surface area contributed by atoms with Gasteiger partial charge >= 0.3 is 5.97 Å².